The second kappa shape index (κ2) is 6.43. The molecule has 0 radical (unpaired) electrons. The van der Waals surface area contributed by atoms with Crippen LogP contribution in [-0.4, -0.2) is 22.0 Å². The summed E-state index contributed by atoms with van der Waals surface area (Å²) in [6, 6.07) is 6.48. The van der Waals surface area contributed by atoms with Crippen molar-refractivity contribution in [3.8, 4) is 0 Å². The van der Waals surface area contributed by atoms with Crippen LogP contribution in [0.3, 0.4) is 0 Å². The highest BCUT2D eigenvalue weighted by Crippen LogP contribution is 2.26. The highest BCUT2D eigenvalue weighted by molar-refractivity contribution is 7.85. The number of halogens is 1. The largest absolute Gasteiger partial charge is 0.313 e. The first-order chi connectivity index (χ1) is 8.72. The van der Waals surface area contributed by atoms with E-state index >= 15 is 0 Å². The summed E-state index contributed by atoms with van der Waals surface area (Å²) in [5.74, 6) is -0.309. The molecule has 1 saturated carbocycles. The van der Waals surface area contributed by atoms with Gasteiger partial charge in [0.15, 0.2) is 0 Å². The maximum Gasteiger partial charge on any atom is 0.124 e. The van der Waals surface area contributed by atoms with Gasteiger partial charge in [-0.1, -0.05) is 25.8 Å². The van der Waals surface area contributed by atoms with Gasteiger partial charge in [0, 0.05) is 10.9 Å². The number of benzene rings is 1. The standard InChI is InChI=1S/C14H20FNOS/c1-2-16-13-8-3-4-9-14(13)18(17)12-7-5-6-11(15)10-12/h5-7,10,13-14,16H,2-4,8-9H2,1H3. The van der Waals surface area contributed by atoms with Gasteiger partial charge in [-0.25, -0.2) is 4.39 Å². The average molecular weight is 269 g/mol. The molecule has 2 rings (SSSR count). The summed E-state index contributed by atoms with van der Waals surface area (Å²) >= 11 is 0. The average Bonchev–Trinajstić information content (AvgIpc) is 2.39. The van der Waals surface area contributed by atoms with Crippen molar-refractivity contribution in [2.24, 2.45) is 0 Å². The van der Waals surface area contributed by atoms with Crippen molar-refractivity contribution in [3.05, 3.63) is 30.1 Å². The Morgan fingerprint density at radius 1 is 1.39 bits per heavy atom. The summed E-state index contributed by atoms with van der Waals surface area (Å²) in [5, 5.41) is 3.52. The van der Waals surface area contributed by atoms with E-state index in [2.05, 4.69) is 12.2 Å². The van der Waals surface area contributed by atoms with Crippen LogP contribution in [0.5, 0.6) is 0 Å². The summed E-state index contributed by atoms with van der Waals surface area (Å²) in [5.41, 5.74) is 0. The van der Waals surface area contributed by atoms with Gasteiger partial charge in [0.25, 0.3) is 0 Å². The summed E-state index contributed by atoms with van der Waals surface area (Å²) in [4.78, 5) is 0.616. The van der Waals surface area contributed by atoms with Crippen molar-refractivity contribution >= 4 is 10.8 Å². The third-order valence-electron chi connectivity index (χ3n) is 3.47. The van der Waals surface area contributed by atoms with Crippen LogP contribution in [0.25, 0.3) is 0 Å². The smallest absolute Gasteiger partial charge is 0.124 e. The molecule has 100 valence electrons. The molecule has 1 N–H and O–H groups in total. The van der Waals surface area contributed by atoms with Crippen LogP contribution in [0.2, 0.25) is 0 Å². The van der Waals surface area contributed by atoms with E-state index in [0.717, 1.165) is 25.8 Å². The number of nitrogens with one attached hydrogen (secondary N) is 1. The Balaban J connectivity index is 2.15. The lowest BCUT2D eigenvalue weighted by molar-refractivity contribution is 0.385. The first-order valence-electron chi connectivity index (χ1n) is 6.62. The number of rotatable bonds is 4. The number of hydrogen-bond donors (Lipinski definition) is 1. The molecule has 3 unspecified atom stereocenters. The van der Waals surface area contributed by atoms with Crippen molar-refractivity contribution < 1.29 is 8.60 Å². The highest BCUT2D eigenvalue weighted by atomic mass is 32.2. The molecule has 0 amide bonds. The van der Waals surface area contributed by atoms with Gasteiger partial charge in [0.2, 0.25) is 0 Å². The molecule has 0 aromatic heterocycles. The van der Waals surface area contributed by atoms with Gasteiger partial charge in [0.1, 0.15) is 5.82 Å². The zero-order valence-corrected chi connectivity index (χ0v) is 11.5. The van der Waals surface area contributed by atoms with Gasteiger partial charge in [-0.2, -0.15) is 0 Å². The molecule has 0 bridgehead atoms. The van der Waals surface area contributed by atoms with E-state index in [1.165, 1.54) is 18.6 Å². The highest BCUT2D eigenvalue weighted by Gasteiger charge is 2.30. The fraction of sp³-hybridized carbons (Fsp3) is 0.571. The molecule has 1 aromatic carbocycles. The lowest BCUT2D eigenvalue weighted by atomic mass is 9.95. The monoisotopic (exact) mass is 269 g/mol. The van der Waals surface area contributed by atoms with E-state index in [-0.39, 0.29) is 11.1 Å². The van der Waals surface area contributed by atoms with Gasteiger partial charge < -0.3 is 5.32 Å². The van der Waals surface area contributed by atoms with Crippen molar-refractivity contribution in [1.29, 1.82) is 0 Å². The molecule has 1 aliphatic carbocycles. The minimum atomic E-state index is -1.11. The minimum absolute atomic E-state index is 0.112. The Labute approximate surface area is 110 Å². The zero-order valence-electron chi connectivity index (χ0n) is 10.7. The van der Waals surface area contributed by atoms with Crippen LogP contribution >= 0.6 is 0 Å². The lowest BCUT2D eigenvalue weighted by Crippen LogP contribution is -2.44. The van der Waals surface area contributed by atoms with Crippen LogP contribution in [0, 0.1) is 5.82 Å². The molecule has 0 heterocycles. The Morgan fingerprint density at radius 2 is 2.17 bits per heavy atom. The molecular weight excluding hydrogens is 249 g/mol. The molecular formula is C14H20FNOS. The minimum Gasteiger partial charge on any atom is -0.313 e. The molecule has 1 aromatic rings. The van der Waals surface area contributed by atoms with Gasteiger partial charge >= 0.3 is 0 Å². The molecule has 18 heavy (non-hydrogen) atoms. The van der Waals surface area contributed by atoms with Crippen LogP contribution in [-0.2, 0) is 10.8 Å². The van der Waals surface area contributed by atoms with Crippen molar-refractivity contribution in [2.45, 2.75) is 48.8 Å². The first kappa shape index (κ1) is 13.7. The van der Waals surface area contributed by atoms with Crippen LogP contribution < -0.4 is 5.32 Å². The molecule has 4 heteroatoms. The molecule has 0 aliphatic heterocycles. The molecule has 2 nitrogen and oxygen atoms in total. The topological polar surface area (TPSA) is 29.1 Å². The van der Waals surface area contributed by atoms with E-state index in [0.29, 0.717) is 10.9 Å². The third-order valence-corrected chi connectivity index (χ3v) is 5.30. The zero-order chi connectivity index (χ0) is 13.0. The molecule has 0 saturated heterocycles. The second-order valence-corrected chi connectivity index (χ2v) is 6.41. The maximum absolute atomic E-state index is 13.2. The van der Waals surface area contributed by atoms with Gasteiger partial charge in [-0.15, -0.1) is 0 Å². The SMILES string of the molecule is CCNC1CCCCC1S(=O)c1cccc(F)c1. The summed E-state index contributed by atoms with van der Waals surface area (Å²) in [7, 11) is -1.11. The van der Waals surface area contributed by atoms with E-state index in [1.807, 2.05) is 0 Å². The maximum atomic E-state index is 13.2. The van der Waals surface area contributed by atoms with Crippen LogP contribution in [0.15, 0.2) is 29.2 Å². The first-order valence-corrected chi connectivity index (χ1v) is 7.83. The fourth-order valence-corrected chi connectivity index (χ4v) is 4.32. The van der Waals surface area contributed by atoms with Crippen molar-refractivity contribution in [1.82, 2.24) is 5.32 Å². The summed E-state index contributed by atoms with van der Waals surface area (Å²) in [6.07, 6.45) is 4.34. The van der Waals surface area contributed by atoms with E-state index in [1.54, 1.807) is 12.1 Å². The van der Waals surface area contributed by atoms with E-state index in [9.17, 15) is 8.60 Å². The van der Waals surface area contributed by atoms with Crippen LogP contribution in [0.1, 0.15) is 32.6 Å². The Kier molecular flexibility index (Phi) is 4.89. The van der Waals surface area contributed by atoms with Gasteiger partial charge in [0.05, 0.1) is 16.0 Å². The van der Waals surface area contributed by atoms with Gasteiger partial charge in [-0.05, 0) is 37.6 Å². The quantitative estimate of drug-likeness (QED) is 0.910. The lowest BCUT2D eigenvalue weighted by Gasteiger charge is -2.31. The van der Waals surface area contributed by atoms with Gasteiger partial charge in [-0.3, -0.25) is 4.21 Å². The Hall–Kier alpha value is -0.740. The van der Waals surface area contributed by atoms with E-state index < -0.39 is 10.8 Å². The molecule has 1 fully saturated rings. The fourth-order valence-electron chi connectivity index (χ4n) is 2.62. The van der Waals surface area contributed by atoms with Crippen molar-refractivity contribution in [2.75, 3.05) is 6.54 Å². The molecule has 0 spiro atoms. The second-order valence-electron chi connectivity index (χ2n) is 4.74. The summed E-state index contributed by atoms with van der Waals surface area (Å²) in [6.45, 7) is 2.96. The van der Waals surface area contributed by atoms with Crippen molar-refractivity contribution in [3.63, 3.8) is 0 Å². The molecule has 1 aliphatic rings. The Morgan fingerprint density at radius 3 is 2.89 bits per heavy atom. The number of hydrogen-bond acceptors (Lipinski definition) is 2. The van der Waals surface area contributed by atoms with E-state index in [4.69, 9.17) is 0 Å². The van der Waals surface area contributed by atoms with Crippen LogP contribution in [0.4, 0.5) is 4.39 Å². The normalized spacial score (nSPS) is 25.9. The predicted octanol–water partition coefficient (Wildman–Crippen LogP) is 2.85. The predicted molar refractivity (Wildman–Crippen MR) is 72.5 cm³/mol. The Bertz CT molecular complexity index is 422. The molecule has 3 atom stereocenters. The summed E-state index contributed by atoms with van der Waals surface area (Å²) < 4.78 is 25.7. The third kappa shape index (κ3) is 3.18.